The molecule has 5 nitrogen and oxygen atoms in total. The van der Waals surface area contributed by atoms with Gasteiger partial charge in [-0.15, -0.1) is 5.10 Å². The first kappa shape index (κ1) is 11.5. The fourth-order valence-electron chi connectivity index (χ4n) is 1.49. The number of hydrogen-bond donors (Lipinski definition) is 1. The molecule has 17 heavy (non-hydrogen) atoms. The van der Waals surface area contributed by atoms with Crippen LogP contribution >= 0.6 is 0 Å². The molecular formula is C12H14N4O. The Morgan fingerprint density at radius 1 is 1.24 bits per heavy atom. The van der Waals surface area contributed by atoms with Crippen molar-refractivity contribution in [3.8, 4) is 0 Å². The van der Waals surface area contributed by atoms with Crippen molar-refractivity contribution in [3.63, 3.8) is 0 Å². The molecule has 0 radical (unpaired) electrons. The lowest BCUT2D eigenvalue weighted by Crippen LogP contribution is -2.18. The van der Waals surface area contributed by atoms with E-state index in [1.54, 1.807) is 12.3 Å². The van der Waals surface area contributed by atoms with E-state index in [1.807, 2.05) is 36.3 Å². The minimum atomic E-state index is -0.0837. The third-order valence-electron chi connectivity index (χ3n) is 2.40. The molecule has 0 bridgehead atoms. The Labute approximate surface area is 99.8 Å². The number of nitrogens with zero attached hydrogens (tertiary/aromatic N) is 4. The summed E-state index contributed by atoms with van der Waals surface area (Å²) in [6, 6.07) is 7.53. The molecule has 0 aliphatic rings. The molecule has 0 unspecified atom stereocenters. The highest BCUT2D eigenvalue weighted by molar-refractivity contribution is 5.37. The van der Waals surface area contributed by atoms with Crippen LogP contribution in [0.3, 0.4) is 0 Å². The zero-order valence-electron chi connectivity index (χ0n) is 9.61. The summed E-state index contributed by atoms with van der Waals surface area (Å²) < 4.78 is 0. The van der Waals surface area contributed by atoms with Crippen LogP contribution < -0.4 is 4.90 Å². The van der Waals surface area contributed by atoms with E-state index in [0.717, 1.165) is 17.9 Å². The summed E-state index contributed by atoms with van der Waals surface area (Å²) in [6.45, 7) is 0.639. The molecule has 2 aromatic rings. The highest BCUT2D eigenvalue weighted by atomic mass is 16.3. The minimum Gasteiger partial charge on any atom is -0.390 e. The molecule has 0 aromatic carbocycles. The van der Waals surface area contributed by atoms with Gasteiger partial charge in [0.25, 0.3) is 0 Å². The smallest absolute Gasteiger partial charge is 0.151 e. The number of aromatic nitrogens is 3. The van der Waals surface area contributed by atoms with Crippen LogP contribution in [0.15, 0.2) is 36.7 Å². The SMILES string of the molecule is CN(Cc1cccnc1)c1ccc(CO)nn1. The van der Waals surface area contributed by atoms with Gasteiger partial charge in [-0.3, -0.25) is 4.98 Å². The summed E-state index contributed by atoms with van der Waals surface area (Å²) in [4.78, 5) is 6.04. The lowest BCUT2D eigenvalue weighted by Gasteiger charge is -2.17. The second-order valence-electron chi connectivity index (χ2n) is 3.76. The Balaban J connectivity index is 2.06. The zero-order valence-corrected chi connectivity index (χ0v) is 9.61. The molecule has 0 aliphatic carbocycles. The quantitative estimate of drug-likeness (QED) is 0.849. The summed E-state index contributed by atoms with van der Waals surface area (Å²) in [6.07, 6.45) is 3.57. The van der Waals surface area contributed by atoms with E-state index in [1.165, 1.54) is 0 Å². The minimum absolute atomic E-state index is 0.0837. The molecule has 0 fully saturated rings. The Morgan fingerprint density at radius 3 is 2.71 bits per heavy atom. The molecule has 5 heteroatoms. The van der Waals surface area contributed by atoms with E-state index >= 15 is 0 Å². The summed E-state index contributed by atoms with van der Waals surface area (Å²) in [7, 11) is 1.94. The first-order valence-electron chi connectivity index (χ1n) is 5.33. The summed E-state index contributed by atoms with van der Waals surface area (Å²) in [5, 5.41) is 16.8. The maximum Gasteiger partial charge on any atom is 0.151 e. The van der Waals surface area contributed by atoms with Gasteiger partial charge in [0.15, 0.2) is 5.82 Å². The van der Waals surface area contributed by atoms with E-state index in [9.17, 15) is 0 Å². The monoisotopic (exact) mass is 230 g/mol. The first-order valence-corrected chi connectivity index (χ1v) is 5.33. The van der Waals surface area contributed by atoms with Crippen LogP contribution in [0.4, 0.5) is 5.82 Å². The van der Waals surface area contributed by atoms with Crippen molar-refractivity contribution in [2.45, 2.75) is 13.2 Å². The van der Waals surface area contributed by atoms with E-state index in [-0.39, 0.29) is 6.61 Å². The van der Waals surface area contributed by atoms with Crippen LogP contribution in [0, 0.1) is 0 Å². The van der Waals surface area contributed by atoms with Gasteiger partial charge in [-0.25, -0.2) is 0 Å². The third kappa shape index (κ3) is 2.98. The Kier molecular flexibility index (Phi) is 3.62. The van der Waals surface area contributed by atoms with Crippen molar-refractivity contribution in [1.82, 2.24) is 15.2 Å². The van der Waals surface area contributed by atoms with Crippen molar-refractivity contribution in [1.29, 1.82) is 0 Å². The predicted octanol–water partition coefficient (Wildman–Crippen LogP) is 1.00. The van der Waals surface area contributed by atoms with Crippen molar-refractivity contribution in [2.24, 2.45) is 0 Å². The average Bonchev–Trinajstić information content (AvgIpc) is 2.40. The normalized spacial score (nSPS) is 10.2. The van der Waals surface area contributed by atoms with Gasteiger partial charge >= 0.3 is 0 Å². The van der Waals surface area contributed by atoms with Crippen LogP contribution in [-0.4, -0.2) is 27.3 Å². The maximum atomic E-state index is 8.88. The van der Waals surface area contributed by atoms with Crippen molar-refractivity contribution in [2.75, 3.05) is 11.9 Å². The number of hydrogen-bond acceptors (Lipinski definition) is 5. The molecule has 2 rings (SSSR count). The van der Waals surface area contributed by atoms with Crippen molar-refractivity contribution >= 4 is 5.82 Å². The first-order chi connectivity index (χ1) is 8.29. The van der Waals surface area contributed by atoms with Crippen molar-refractivity contribution < 1.29 is 5.11 Å². The van der Waals surface area contributed by atoms with Crippen LogP contribution in [-0.2, 0) is 13.2 Å². The number of aliphatic hydroxyl groups excluding tert-OH is 1. The Morgan fingerprint density at radius 2 is 2.12 bits per heavy atom. The number of anilines is 1. The fraction of sp³-hybridized carbons (Fsp3) is 0.250. The van der Waals surface area contributed by atoms with Crippen LogP contribution in [0.1, 0.15) is 11.3 Å². The Bertz CT molecular complexity index is 458. The van der Waals surface area contributed by atoms with Gasteiger partial charge in [-0.05, 0) is 23.8 Å². The molecule has 2 heterocycles. The lowest BCUT2D eigenvalue weighted by molar-refractivity contribution is 0.275. The highest BCUT2D eigenvalue weighted by Gasteiger charge is 2.04. The number of pyridine rings is 1. The van der Waals surface area contributed by atoms with E-state index in [4.69, 9.17) is 5.11 Å². The predicted molar refractivity (Wildman–Crippen MR) is 64.3 cm³/mol. The van der Waals surface area contributed by atoms with E-state index < -0.39 is 0 Å². The maximum absolute atomic E-state index is 8.88. The van der Waals surface area contributed by atoms with Gasteiger partial charge in [-0.1, -0.05) is 6.07 Å². The highest BCUT2D eigenvalue weighted by Crippen LogP contribution is 2.11. The fourth-order valence-corrected chi connectivity index (χ4v) is 1.49. The van der Waals surface area contributed by atoms with Gasteiger partial charge in [0.05, 0.1) is 12.3 Å². The molecule has 0 spiro atoms. The standard InChI is InChI=1S/C12H14N4O/c1-16(8-10-3-2-6-13-7-10)12-5-4-11(9-17)14-15-12/h2-7,17H,8-9H2,1H3. The summed E-state index contributed by atoms with van der Waals surface area (Å²) >= 11 is 0. The molecule has 2 aromatic heterocycles. The number of rotatable bonds is 4. The zero-order chi connectivity index (χ0) is 12.1. The molecule has 88 valence electrons. The third-order valence-corrected chi connectivity index (χ3v) is 2.40. The molecule has 0 saturated heterocycles. The van der Waals surface area contributed by atoms with Crippen LogP contribution in [0.2, 0.25) is 0 Å². The summed E-state index contributed by atoms with van der Waals surface area (Å²) in [5.74, 6) is 0.769. The topological polar surface area (TPSA) is 62.1 Å². The lowest BCUT2D eigenvalue weighted by atomic mass is 10.2. The molecule has 1 N–H and O–H groups in total. The van der Waals surface area contributed by atoms with Gasteiger partial charge in [0.1, 0.15) is 0 Å². The van der Waals surface area contributed by atoms with Gasteiger partial charge < -0.3 is 10.0 Å². The van der Waals surface area contributed by atoms with Crippen molar-refractivity contribution in [3.05, 3.63) is 47.9 Å². The molecular weight excluding hydrogens is 216 g/mol. The second-order valence-corrected chi connectivity index (χ2v) is 3.76. The molecule has 0 amide bonds. The van der Waals surface area contributed by atoms with Gasteiger partial charge in [0, 0.05) is 26.0 Å². The Hall–Kier alpha value is -2.01. The second kappa shape index (κ2) is 5.36. The van der Waals surface area contributed by atoms with E-state index in [0.29, 0.717) is 5.69 Å². The largest absolute Gasteiger partial charge is 0.390 e. The van der Waals surface area contributed by atoms with Gasteiger partial charge in [0.2, 0.25) is 0 Å². The van der Waals surface area contributed by atoms with E-state index in [2.05, 4.69) is 15.2 Å². The molecule has 0 aliphatic heterocycles. The average molecular weight is 230 g/mol. The van der Waals surface area contributed by atoms with Gasteiger partial charge in [-0.2, -0.15) is 5.10 Å². The summed E-state index contributed by atoms with van der Waals surface area (Å²) in [5.41, 5.74) is 1.69. The molecule has 0 atom stereocenters. The molecule has 0 saturated carbocycles. The number of aliphatic hydroxyl groups is 1. The van der Waals surface area contributed by atoms with Crippen LogP contribution in [0.25, 0.3) is 0 Å². The van der Waals surface area contributed by atoms with Crippen LogP contribution in [0.5, 0.6) is 0 Å².